The molecule has 0 radical (unpaired) electrons. The number of benzene rings is 1. The van der Waals surface area contributed by atoms with E-state index in [1.807, 2.05) is 19.9 Å². The summed E-state index contributed by atoms with van der Waals surface area (Å²) in [5, 5.41) is 0. The maximum atomic E-state index is 12.0. The van der Waals surface area contributed by atoms with Crippen LogP contribution in [-0.4, -0.2) is 50.1 Å². The predicted octanol–water partition coefficient (Wildman–Crippen LogP) is 1.73. The first kappa shape index (κ1) is 15.4. The van der Waals surface area contributed by atoms with E-state index in [2.05, 4.69) is 0 Å². The van der Waals surface area contributed by atoms with Gasteiger partial charge in [-0.25, -0.2) is 4.79 Å². The minimum atomic E-state index is -0.697. The average molecular weight is 308 g/mol. The van der Waals surface area contributed by atoms with Gasteiger partial charge in [-0.05, 0) is 26.0 Å². The van der Waals surface area contributed by atoms with E-state index in [1.54, 1.807) is 31.4 Å². The molecule has 120 valence electrons. The summed E-state index contributed by atoms with van der Waals surface area (Å²) in [4.78, 5) is 12.0. The highest BCUT2D eigenvalue weighted by atomic mass is 16.8. The van der Waals surface area contributed by atoms with Crippen LogP contribution in [0.5, 0.6) is 0 Å². The van der Waals surface area contributed by atoms with Gasteiger partial charge in [-0.1, -0.05) is 18.2 Å². The van der Waals surface area contributed by atoms with Gasteiger partial charge in [0.25, 0.3) is 0 Å². The van der Waals surface area contributed by atoms with Gasteiger partial charge in [-0.15, -0.1) is 0 Å². The van der Waals surface area contributed by atoms with Crippen molar-refractivity contribution in [3.8, 4) is 0 Å². The minimum Gasteiger partial charge on any atom is -0.459 e. The fourth-order valence-electron chi connectivity index (χ4n) is 2.78. The summed E-state index contributed by atoms with van der Waals surface area (Å²) in [7, 11) is 1.58. The van der Waals surface area contributed by atoms with E-state index in [9.17, 15) is 4.79 Å². The zero-order chi connectivity index (χ0) is 15.7. The van der Waals surface area contributed by atoms with Gasteiger partial charge >= 0.3 is 5.97 Å². The van der Waals surface area contributed by atoms with Gasteiger partial charge in [0.15, 0.2) is 12.1 Å². The van der Waals surface area contributed by atoms with E-state index >= 15 is 0 Å². The highest BCUT2D eigenvalue weighted by Gasteiger charge is 2.55. The molecule has 6 nitrogen and oxygen atoms in total. The zero-order valence-electron chi connectivity index (χ0n) is 12.9. The number of rotatable bonds is 4. The smallest absolute Gasteiger partial charge is 0.338 e. The van der Waals surface area contributed by atoms with Crippen LogP contribution in [0.3, 0.4) is 0 Å². The van der Waals surface area contributed by atoms with Crippen molar-refractivity contribution in [2.24, 2.45) is 0 Å². The van der Waals surface area contributed by atoms with E-state index in [0.717, 1.165) is 0 Å². The first-order valence-corrected chi connectivity index (χ1v) is 7.26. The van der Waals surface area contributed by atoms with E-state index in [1.165, 1.54) is 0 Å². The topological polar surface area (TPSA) is 63.2 Å². The lowest BCUT2D eigenvalue weighted by Gasteiger charge is -2.24. The second-order valence-corrected chi connectivity index (χ2v) is 5.81. The third-order valence-electron chi connectivity index (χ3n) is 3.75. The van der Waals surface area contributed by atoms with Gasteiger partial charge in [0.2, 0.25) is 0 Å². The normalized spacial score (nSPS) is 32.7. The number of hydrogen-bond acceptors (Lipinski definition) is 6. The fourth-order valence-corrected chi connectivity index (χ4v) is 2.78. The molecule has 0 saturated carbocycles. The lowest BCUT2D eigenvalue weighted by molar-refractivity contribution is -0.220. The van der Waals surface area contributed by atoms with Crippen LogP contribution in [0.4, 0.5) is 0 Å². The summed E-state index contributed by atoms with van der Waals surface area (Å²) in [5.74, 6) is -1.09. The molecule has 0 unspecified atom stereocenters. The summed E-state index contributed by atoms with van der Waals surface area (Å²) in [6.07, 6.45) is -1.57. The van der Waals surface area contributed by atoms with Crippen molar-refractivity contribution >= 4 is 5.97 Å². The quantitative estimate of drug-likeness (QED) is 0.790. The summed E-state index contributed by atoms with van der Waals surface area (Å²) in [6, 6.07) is 8.82. The highest BCUT2D eigenvalue weighted by molar-refractivity contribution is 5.89. The highest BCUT2D eigenvalue weighted by Crippen LogP contribution is 2.38. The Morgan fingerprint density at radius 2 is 1.95 bits per heavy atom. The molecule has 0 amide bonds. The van der Waals surface area contributed by atoms with Gasteiger partial charge in [-0.2, -0.15) is 0 Å². The maximum absolute atomic E-state index is 12.0. The molecule has 1 aromatic carbocycles. The van der Waals surface area contributed by atoms with Crippen molar-refractivity contribution < 1.29 is 28.5 Å². The first-order chi connectivity index (χ1) is 10.5. The fraction of sp³-hybridized carbons (Fsp3) is 0.562. The number of fused-ring (bicyclic) bond motifs is 1. The van der Waals surface area contributed by atoms with Crippen molar-refractivity contribution in [2.75, 3.05) is 13.7 Å². The Morgan fingerprint density at radius 1 is 1.23 bits per heavy atom. The Kier molecular flexibility index (Phi) is 4.18. The molecule has 6 heteroatoms. The van der Waals surface area contributed by atoms with E-state index in [0.29, 0.717) is 5.56 Å². The summed E-state index contributed by atoms with van der Waals surface area (Å²) < 4.78 is 28.0. The number of hydrogen-bond donors (Lipinski definition) is 0. The van der Waals surface area contributed by atoms with E-state index in [4.69, 9.17) is 23.7 Å². The van der Waals surface area contributed by atoms with Crippen molar-refractivity contribution in [1.82, 2.24) is 0 Å². The number of carbonyl (C=O) groups excluding carboxylic acids is 1. The van der Waals surface area contributed by atoms with Gasteiger partial charge in [-0.3, -0.25) is 0 Å². The Bertz CT molecular complexity index is 529. The molecule has 0 bridgehead atoms. The molecule has 3 rings (SSSR count). The molecule has 2 heterocycles. The van der Waals surface area contributed by atoms with Crippen LogP contribution in [0.2, 0.25) is 0 Å². The lowest BCUT2D eigenvalue weighted by Crippen LogP contribution is -2.38. The standard InChI is InChI=1S/C16H20O6/c1-16(2)21-13-12(18-3)11(20-15(13)22-16)9-19-14(17)10-7-5-4-6-8-10/h4-8,11-13,15H,9H2,1-3H3/t11-,12+,13-,15-/m1/s1. The minimum absolute atomic E-state index is 0.0897. The second-order valence-electron chi connectivity index (χ2n) is 5.81. The van der Waals surface area contributed by atoms with Gasteiger partial charge < -0.3 is 23.7 Å². The van der Waals surface area contributed by atoms with E-state index < -0.39 is 24.2 Å². The Morgan fingerprint density at radius 3 is 2.64 bits per heavy atom. The van der Waals surface area contributed by atoms with E-state index in [-0.39, 0.29) is 18.8 Å². The third-order valence-corrected chi connectivity index (χ3v) is 3.75. The molecular formula is C16H20O6. The summed E-state index contributed by atoms with van der Waals surface area (Å²) in [5.41, 5.74) is 0.503. The lowest BCUT2D eigenvalue weighted by atomic mass is 10.1. The zero-order valence-corrected chi connectivity index (χ0v) is 12.9. The Balaban J connectivity index is 1.59. The van der Waals surface area contributed by atoms with Crippen LogP contribution in [0.25, 0.3) is 0 Å². The predicted molar refractivity (Wildman–Crippen MR) is 76.2 cm³/mol. The van der Waals surface area contributed by atoms with Crippen LogP contribution in [-0.2, 0) is 23.7 Å². The number of carbonyl (C=O) groups is 1. The molecule has 2 fully saturated rings. The van der Waals surface area contributed by atoms with Gasteiger partial charge in [0, 0.05) is 7.11 Å². The second kappa shape index (κ2) is 5.96. The molecule has 0 aliphatic carbocycles. The number of methoxy groups -OCH3 is 1. The van der Waals surface area contributed by atoms with Crippen LogP contribution >= 0.6 is 0 Å². The molecule has 0 N–H and O–H groups in total. The maximum Gasteiger partial charge on any atom is 0.338 e. The molecular weight excluding hydrogens is 288 g/mol. The van der Waals surface area contributed by atoms with Crippen molar-refractivity contribution in [1.29, 1.82) is 0 Å². The Labute approximate surface area is 129 Å². The number of esters is 1. The van der Waals surface area contributed by atoms with Crippen LogP contribution in [0.1, 0.15) is 24.2 Å². The van der Waals surface area contributed by atoms with Crippen molar-refractivity contribution in [3.63, 3.8) is 0 Å². The summed E-state index contributed by atoms with van der Waals surface area (Å²) >= 11 is 0. The molecule has 2 aliphatic heterocycles. The van der Waals surface area contributed by atoms with Crippen molar-refractivity contribution in [2.45, 2.75) is 44.2 Å². The van der Waals surface area contributed by atoms with Gasteiger partial charge in [0.1, 0.15) is 24.9 Å². The number of ether oxygens (including phenoxy) is 5. The Hall–Kier alpha value is -1.47. The SMILES string of the molecule is CO[C@@H]1[C@H]2OC(C)(C)O[C@H]2O[C@@H]1COC(=O)c1ccccc1. The molecule has 0 aromatic heterocycles. The largest absolute Gasteiger partial charge is 0.459 e. The summed E-state index contributed by atoms with van der Waals surface area (Å²) in [6.45, 7) is 3.74. The molecule has 4 atom stereocenters. The van der Waals surface area contributed by atoms with Crippen molar-refractivity contribution in [3.05, 3.63) is 35.9 Å². The molecule has 2 saturated heterocycles. The van der Waals surface area contributed by atoms with Crippen LogP contribution < -0.4 is 0 Å². The van der Waals surface area contributed by atoms with Crippen LogP contribution in [0.15, 0.2) is 30.3 Å². The average Bonchev–Trinajstić information content (AvgIpc) is 2.96. The van der Waals surface area contributed by atoms with Crippen LogP contribution in [0, 0.1) is 0 Å². The molecule has 1 aromatic rings. The molecule has 22 heavy (non-hydrogen) atoms. The molecule has 0 spiro atoms. The monoisotopic (exact) mass is 308 g/mol. The first-order valence-electron chi connectivity index (χ1n) is 7.26. The third kappa shape index (κ3) is 3.01. The molecule has 2 aliphatic rings. The van der Waals surface area contributed by atoms with Gasteiger partial charge in [0.05, 0.1) is 5.56 Å².